The summed E-state index contributed by atoms with van der Waals surface area (Å²) in [5.74, 6) is 1.56. The van der Waals surface area contributed by atoms with Gasteiger partial charge in [0.05, 0.1) is 0 Å². The number of halogens is 2. The Balaban J connectivity index is -0.000000500. The number of rotatable bonds is 12. The number of hydrogen-bond acceptors (Lipinski definition) is 0. The minimum absolute atomic E-state index is 0. The quantitative estimate of drug-likeness (QED) is 0.312. The molecule has 0 heterocycles. The van der Waals surface area contributed by atoms with Crippen LogP contribution in [0, 0.1) is 34.8 Å². The van der Waals surface area contributed by atoms with E-state index in [1.54, 1.807) is 0 Å². The van der Waals surface area contributed by atoms with E-state index >= 15 is 0 Å². The summed E-state index contributed by atoms with van der Waals surface area (Å²) in [5.41, 5.74) is 3.80. The van der Waals surface area contributed by atoms with Crippen LogP contribution in [0.3, 0.4) is 0 Å². The Morgan fingerprint density at radius 3 is 1.21 bits per heavy atom. The molecule has 188 valence electrons. The third-order valence-corrected chi connectivity index (χ3v) is 6.94. The molecule has 0 saturated carbocycles. The summed E-state index contributed by atoms with van der Waals surface area (Å²) in [7, 11) is 0. The minimum atomic E-state index is 0. The van der Waals surface area contributed by atoms with Gasteiger partial charge in [-0.05, 0) is 61.2 Å². The first-order valence-corrected chi connectivity index (χ1v) is 12.8. The van der Waals surface area contributed by atoms with Crippen LogP contribution in [-0.4, -0.2) is 0 Å². The SMILES string of the molecule is CCCC(CC)(CC(C)C)C1=[C-]CC=C1.CCCC(CC)(CC(C)C)C1=[C-]CC=C1.[Cl-].[Cl-].[Zr+4]. The molecule has 0 aromatic heterocycles. The van der Waals surface area contributed by atoms with Gasteiger partial charge in [-0.25, -0.2) is 23.3 Å². The maximum atomic E-state index is 3.54. The zero-order valence-electron chi connectivity index (χ0n) is 22.8. The van der Waals surface area contributed by atoms with Crippen molar-refractivity contribution < 1.29 is 51.0 Å². The molecule has 0 amide bonds. The fraction of sp³-hybridized carbons (Fsp3) is 0.733. The van der Waals surface area contributed by atoms with Crippen LogP contribution < -0.4 is 24.8 Å². The van der Waals surface area contributed by atoms with Crippen molar-refractivity contribution in [3.63, 3.8) is 0 Å². The predicted octanol–water partition coefficient (Wildman–Crippen LogP) is 3.84. The fourth-order valence-electron chi connectivity index (χ4n) is 5.77. The molecule has 0 bridgehead atoms. The van der Waals surface area contributed by atoms with Gasteiger partial charge in [-0.1, -0.05) is 68.2 Å². The van der Waals surface area contributed by atoms with Crippen molar-refractivity contribution in [2.45, 2.75) is 120 Å². The van der Waals surface area contributed by atoms with Crippen molar-refractivity contribution in [3.8, 4) is 0 Å². The molecule has 0 aromatic carbocycles. The normalized spacial score (nSPS) is 17.6. The number of allylic oxidation sites excluding steroid dienone is 8. The topological polar surface area (TPSA) is 0 Å². The zero-order valence-corrected chi connectivity index (χ0v) is 26.8. The van der Waals surface area contributed by atoms with Crippen molar-refractivity contribution in [1.29, 1.82) is 0 Å². The molecule has 2 atom stereocenters. The Morgan fingerprint density at radius 2 is 1.03 bits per heavy atom. The van der Waals surface area contributed by atoms with E-state index in [0.29, 0.717) is 10.8 Å². The third-order valence-electron chi connectivity index (χ3n) is 6.94. The largest absolute Gasteiger partial charge is 4.00 e. The van der Waals surface area contributed by atoms with Crippen LogP contribution in [0.2, 0.25) is 0 Å². The van der Waals surface area contributed by atoms with Crippen molar-refractivity contribution in [1.82, 2.24) is 0 Å². The summed E-state index contributed by atoms with van der Waals surface area (Å²) < 4.78 is 0. The molecule has 2 aliphatic rings. The van der Waals surface area contributed by atoms with Crippen LogP contribution in [0.25, 0.3) is 0 Å². The summed E-state index contributed by atoms with van der Waals surface area (Å²) in [4.78, 5) is 0. The molecule has 0 aliphatic heterocycles. The van der Waals surface area contributed by atoms with Gasteiger partial charge < -0.3 is 24.8 Å². The Kier molecular flexibility index (Phi) is 22.5. The van der Waals surface area contributed by atoms with Gasteiger partial charge in [0.15, 0.2) is 0 Å². The average molecular weight is 573 g/mol. The maximum Gasteiger partial charge on any atom is 4.00 e. The van der Waals surface area contributed by atoms with E-state index < -0.39 is 0 Å². The van der Waals surface area contributed by atoms with Gasteiger partial charge in [-0.2, -0.15) is 12.2 Å². The van der Waals surface area contributed by atoms with Crippen LogP contribution >= 0.6 is 0 Å². The molecule has 2 aliphatic carbocycles. The van der Waals surface area contributed by atoms with Gasteiger partial charge in [-0.15, -0.1) is 12.8 Å². The Bertz CT molecular complexity index is 561. The molecule has 0 radical (unpaired) electrons. The predicted molar refractivity (Wildman–Crippen MR) is 135 cm³/mol. The first-order chi connectivity index (χ1) is 14.3. The van der Waals surface area contributed by atoms with Gasteiger partial charge in [0.1, 0.15) is 0 Å². The molecule has 0 N–H and O–H groups in total. The smallest absolute Gasteiger partial charge is 1.00 e. The van der Waals surface area contributed by atoms with Crippen LogP contribution in [-0.2, 0) is 26.2 Å². The van der Waals surface area contributed by atoms with Crippen LogP contribution in [0.4, 0.5) is 0 Å². The van der Waals surface area contributed by atoms with E-state index in [2.05, 4.69) is 91.8 Å². The Labute approximate surface area is 239 Å². The molecular formula is C30H50Cl2Zr. The molecule has 0 fully saturated rings. The average Bonchev–Trinajstić information content (AvgIpc) is 3.41. The molecule has 3 heteroatoms. The van der Waals surface area contributed by atoms with E-state index in [1.807, 2.05) is 0 Å². The van der Waals surface area contributed by atoms with Gasteiger partial charge in [0, 0.05) is 0 Å². The first kappa shape index (κ1) is 38.0. The summed E-state index contributed by atoms with van der Waals surface area (Å²) in [5, 5.41) is 0. The summed E-state index contributed by atoms with van der Waals surface area (Å²) in [6, 6.07) is 0. The molecule has 0 nitrogen and oxygen atoms in total. The maximum absolute atomic E-state index is 3.54. The van der Waals surface area contributed by atoms with Gasteiger partial charge >= 0.3 is 26.2 Å². The van der Waals surface area contributed by atoms with Crippen LogP contribution in [0.15, 0.2) is 35.5 Å². The van der Waals surface area contributed by atoms with Crippen molar-refractivity contribution >= 4 is 0 Å². The fourth-order valence-corrected chi connectivity index (χ4v) is 5.77. The second-order valence-corrected chi connectivity index (χ2v) is 10.4. The van der Waals surface area contributed by atoms with Crippen LogP contribution in [0.1, 0.15) is 120 Å². The summed E-state index contributed by atoms with van der Waals surface area (Å²) >= 11 is 0. The molecule has 0 spiro atoms. The monoisotopic (exact) mass is 570 g/mol. The van der Waals surface area contributed by atoms with E-state index in [-0.39, 0.29) is 51.0 Å². The van der Waals surface area contributed by atoms with E-state index in [9.17, 15) is 0 Å². The standard InChI is InChI=1S/2C15H25.2ClH.Zr/c2*1-5-11-15(6-2,12-13(3)4)14-9-7-8-10-14;;;/h2*7,9,13H,5-6,8,11-12H2,1-4H3;2*1H;/q2*-1;;;+4/p-2. The van der Waals surface area contributed by atoms with Crippen molar-refractivity contribution in [2.75, 3.05) is 0 Å². The van der Waals surface area contributed by atoms with Crippen molar-refractivity contribution in [2.24, 2.45) is 22.7 Å². The molecule has 0 saturated heterocycles. The van der Waals surface area contributed by atoms with Gasteiger partial charge in [0.25, 0.3) is 0 Å². The van der Waals surface area contributed by atoms with Gasteiger partial charge in [0.2, 0.25) is 0 Å². The summed E-state index contributed by atoms with van der Waals surface area (Å²) in [6.45, 7) is 18.6. The van der Waals surface area contributed by atoms with E-state index in [0.717, 1.165) is 24.7 Å². The molecular weight excluding hydrogens is 522 g/mol. The van der Waals surface area contributed by atoms with Crippen molar-refractivity contribution in [3.05, 3.63) is 47.6 Å². The molecule has 2 rings (SSSR count). The minimum Gasteiger partial charge on any atom is -1.00 e. The zero-order chi connectivity index (χ0) is 22.6. The molecule has 33 heavy (non-hydrogen) atoms. The Hall–Kier alpha value is 0.423. The second-order valence-electron chi connectivity index (χ2n) is 10.4. The molecule has 0 aromatic rings. The third kappa shape index (κ3) is 11.8. The van der Waals surface area contributed by atoms with E-state index in [4.69, 9.17) is 0 Å². The molecule has 2 unspecified atom stereocenters. The second kappa shape index (κ2) is 19.6. The van der Waals surface area contributed by atoms with Crippen LogP contribution in [0.5, 0.6) is 0 Å². The van der Waals surface area contributed by atoms with E-state index in [1.165, 1.54) is 62.5 Å². The number of hydrogen-bond donors (Lipinski definition) is 0. The Morgan fingerprint density at radius 1 is 0.697 bits per heavy atom. The first-order valence-electron chi connectivity index (χ1n) is 12.8. The van der Waals surface area contributed by atoms with Gasteiger partial charge in [-0.3, -0.25) is 12.2 Å². The summed E-state index contributed by atoms with van der Waals surface area (Å²) in [6.07, 6.45) is 28.6.